The van der Waals surface area contributed by atoms with Crippen molar-refractivity contribution in [3.63, 3.8) is 0 Å². The van der Waals surface area contributed by atoms with Crippen molar-refractivity contribution in [2.24, 2.45) is 0 Å². The minimum absolute atomic E-state index is 0.0729. The predicted molar refractivity (Wildman–Crippen MR) is 106 cm³/mol. The van der Waals surface area contributed by atoms with Gasteiger partial charge in [-0.2, -0.15) is 0 Å². The van der Waals surface area contributed by atoms with Crippen molar-refractivity contribution in [2.75, 3.05) is 18.1 Å². The molecule has 2 aliphatic rings. The second-order valence-corrected chi connectivity index (χ2v) is 7.01. The molecule has 28 heavy (non-hydrogen) atoms. The molecule has 1 atom stereocenters. The lowest BCUT2D eigenvalue weighted by molar-refractivity contribution is -0.136. The Morgan fingerprint density at radius 2 is 2.00 bits per heavy atom. The Labute approximate surface area is 167 Å². The Morgan fingerprint density at radius 1 is 1.21 bits per heavy atom. The molecule has 0 saturated carbocycles. The standard InChI is InChI=1S/C22H18ClNO4/c1-2-10-27-17-8-6-14(7-9-17)18-12-20(25)24(16-5-3-4-15(23)11-16)19-13-28-22(26)21(18)19/h2-9,11,18H,1,10,12-13H2/t18-/m1/s1. The van der Waals surface area contributed by atoms with E-state index in [2.05, 4.69) is 6.58 Å². The molecule has 142 valence electrons. The van der Waals surface area contributed by atoms with Crippen LogP contribution in [0.15, 0.2) is 72.5 Å². The summed E-state index contributed by atoms with van der Waals surface area (Å²) >= 11 is 6.09. The number of esters is 1. The highest BCUT2D eigenvalue weighted by atomic mass is 35.5. The van der Waals surface area contributed by atoms with Crippen LogP contribution in [0.25, 0.3) is 0 Å². The summed E-state index contributed by atoms with van der Waals surface area (Å²) in [7, 11) is 0. The quantitative estimate of drug-likeness (QED) is 0.561. The lowest BCUT2D eigenvalue weighted by Gasteiger charge is -2.32. The Morgan fingerprint density at radius 3 is 2.71 bits per heavy atom. The molecule has 2 heterocycles. The van der Waals surface area contributed by atoms with E-state index >= 15 is 0 Å². The summed E-state index contributed by atoms with van der Waals surface area (Å²) in [6, 6.07) is 14.4. The van der Waals surface area contributed by atoms with E-state index < -0.39 is 0 Å². The van der Waals surface area contributed by atoms with E-state index in [0.717, 1.165) is 5.56 Å². The Bertz CT molecular complexity index is 980. The normalized spacial score (nSPS) is 18.8. The van der Waals surface area contributed by atoms with E-state index in [-0.39, 0.29) is 30.8 Å². The number of benzene rings is 2. The van der Waals surface area contributed by atoms with Crippen molar-refractivity contribution in [3.8, 4) is 5.75 Å². The van der Waals surface area contributed by atoms with Crippen LogP contribution >= 0.6 is 11.6 Å². The van der Waals surface area contributed by atoms with Gasteiger partial charge in [0.05, 0.1) is 17.0 Å². The van der Waals surface area contributed by atoms with E-state index in [4.69, 9.17) is 21.1 Å². The molecule has 6 heteroatoms. The van der Waals surface area contributed by atoms with E-state index in [0.29, 0.717) is 34.3 Å². The van der Waals surface area contributed by atoms with Crippen molar-refractivity contribution >= 4 is 29.2 Å². The van der Waals surface area contributed by atoms with Crippen LogP contribution in [0.4, 0.5) is 5.69 Å². The molecule has 5 nitrogen and oxygen atoms in total. The van der Waals surface area contributed by atoms with E-state index in [1.165, 1.54) is 0 Å². The maximum absolute atomic E-state index is 13.0. The smallest absolute Gasteiger partial charge is 0.336 e. The molecule has 2 aromatic rings. The zero-order chi connectivity index (χ0) is 19.7. The zero-order valence-corrected chi connectivity index (χ0v) is 15.8. The van der Waals surface area contributed by atoms with Gasteiger partial charge in [0.1, 0.15) is 19.0 Å². The third-order valence-electron chi connectivity index (χ3n) is 4.83. The molecule has 1 amide bonds. The Balaban J connectivity index is 1.72. The first-order valence-corrected chi connectivity index (χ1v) is 9.28. The predicted octanol–water partition coefficient (Wildman–Crippen LogP) is 4.24. The number of carbonyl (C=O) groups excluding carboxylic acids is 2. The first kappa shape index (κ1) is 18.3. The molecule has 0 unspecified atom stereocenters. The number of halogens is 1. The van der Waals surface area contributed by atoms with Gasteiger partial charge < -0.3 is 9.47 Å². The van der Waals surface area contributed by atoms with Crippen molar-refractivity contribution < 1.29 is 19.1 Å². The summed E-state index contributed by atoms with van der Waals surface area (Å²) in [6.45, 7) is 4.11. The highest BCUT2D eigenvalue weighted by Gasteiger charge is 2.42. The molecule has 0 aromatic heterocycles. The number of nitrogens with zero attached hydrogens (tertiary/aromatic N) is 1. The van der Waals surface area contributed by atoms with Crippen molar-refractivity contribution in [2.45, 2.75) is 12.3 Å². The molecule has 0 N–H and O–H groups in total. The number of anilines is 1. The van der Waals surface area contributed by atoms with Gasteiger partial charge in [0.2, 0.25) is 5.91 Å². The number of rotatable bonds is 5. The number of hydrogen-bond acceptors (Lipinski definition) is 4. The highest BCUT2D eigenvalue weighted by Crippen LogP contribution is 2.42. The van der Waals surface area contributed by atoms with Crippen LogP contribution in [0.2, 0.25) is 5.02 Å². The van der Waals surface area contributed by atoms with Gasteiger partial charge in [0.15, 0.2) is 0 Å². The first-order chi connectivity index (χ1) is 13.6. The van der Waals surface area contributed by atoms with Gasteiger partial charge in [-0.1, -0.05) is 42.5 Å². The molecule has 0 fully saturated rings. The van der Waals surface area contributed by atoms with Crippen LogP contribution in [0.1, 0.15) is 17.9 Å². The van der Waals surface area contributed by atoms with Gasteiger partial charge in [0.25, 0.3) is 0 Å². The van der Waals surface area contributed by atoms with Gasteiger partial charge >= 0.3 is 5.97 Å². The van der Waals surface area contributed by atoms with Crippen LogP contribution in [0, 0.1) is 0 Å². The van der Waals surface area contributed by atoms with Gasteiger partial charge in [0, 0.05) is 17.4 Å². The fraction of sp³-hybridized carbons (Fsp3) is 0.182. The second kappa shape index (κ2) is 7.52. The van der Waals surface area contributed by atoms with Crippen LogP contribution in [-0.4, -0.2) is 25.1 Å². The average Bonchev–Trinajstić information content (AvgIpc) is 3.07. The maximum atomic E-state index is 13.0. The van der Waals surface area contributed by atoms with Gasteiger partial charge in [-0.15, -0.1) is 0 Å². The monoisotopic (exact) mass is 395 g/mol. The number of carbonyl (C=O) groups is 2. The topological polar surface area (TPSA) is 55.8 Å². The fourth-order valence-corrected chi connectivity index (χ4v) is 3.79. The lowest BCUT2D eigenvalue weighted by Crippen LogP contribution is -2.37. The van der Waals surface area contributed by atoms with E-state index in [1.807, 2.05) is 24.3 Å². The molecule has 0 radical (unpaired) electrons. The summed E-state index contributed by atoms with van der Waals surface area (Å²) in [5.41, 5.74) is 2.62. The first-order valence-electron chi connectivity index (χ1n) is 8.91. The van der Waals surface area contributed by atoms with Crippen LogP contribution in [-0.2, 0) is 14.3 Å². The summed E-state index contributed by atoms with van der Waals surface area (Å²) in [5, 5.41) is 0.523. The van der Waals surface area contributed by atoms with E-state index in [9.17, 15) is 9.59 Å². The minimum Gasteiger partial charge on any atom is -0.490 e. The van der Waals surface area contributed by atoms with E-state index in [1.54, 1.807) is 35.2 Å². The third-order valence-corrected chi connectivity index (χ3v) is 5.07. The van der Waals surface area contributed by atoms with Gasteiger partial charge in [-0.3, -0.25) is 9.69 Å². The van der Waals surface area contributed by atoms with Crippen LogP contribution < -0.4 is 9.64 Å². The number of ether oxygens (including phenoxy) is 2. The number of amides is 1. The molecule has 0 saturated heterocycles. The fourth-order valence-electron chi connectivity index (χ4n) is 3.61. The van der Waals surface area contributed by atoms with Crippen molar-refractivity contribution in [3.05, 3.63) is 83.0 Å². The molecule has 2 aromatic carbocycles. The molecular weight excluding hydrogens is 378 g/mol. The van der Waals surface area contributed by atoms with Gasteiger partial charge in [-0.25, -0.2) is 4.79 Å². The minimum atomic E-state index is -0.383. The average molecular weight is 396 g/mol. The Kier molecular flexibility index (Phi) is 4.92. The van der Waals surface area contributed by atoms with Crippen molar-refractivity contribution in [1.82, 2.24) is 0 Å². The number of hydrogen-bond donors (Lipinski definition) is 0. The summed E-state index contributed by atoms with van der Waals surface area (Å²) in [5.74, 6) is -0.126. The van der Waals surface area contributed by atoms with Crippen LogP contribution in [0.3, 0.4) is 0 Å². The zero-order valence-electron chi connectivity index (χ0n) is 15.1. The molecule has 0 aliphatic carbocycles. The molecule has 0 bridgehead atoms. The summed E-state index contributed by atoms with van der Waals surface area (Å²) in [4.78, 5) is 27.0. The molecule has 2 aliphatic heterocycles. The summed E-state index contributed by atoms with van der Waals surface area (Å²) < 4.78 is 10.8. The SMILES string of the molecule is C=CCOc1ccc([C@H]2CC(=O)N(c3cccc(Cl)c3)C3=C2C(=O)OC3)cc1. The maximum Gasteiger partial charge on any atom is 0.336 e. The number of cyclic esters (lactones) is 1. The Hall–Kier alpha value is -3.05. The van der Waals surface area contributed by atoms with Crippen LogP contribution in [0.5, 0.6) is 5.75 Å². The largest absolute Gasteiger partial charge is 0.490 e. The van der Waals surface area contributed by atoms with Gasteiger partial charge in [-0.05, 0) is 35.9 Å². The molecule has 0 spiro atoms. The van der Waals surface area contributed by atoms with Crippen molar-refractivity contribution in [1.29, 1.82) is 0 Å². The lowest BCUT2D eigenvalue weighted by atomic mass is 9.84. The highest BCUT2D eigenvalue weighted by molar-refractivity contribution is 6.31. The summed E-state index contributed by atoms with van der Waals surface area (Å²) in [6.07, 6.45) is 1.84. The second-order valence-electron chi connectivity index (χ2n) is 6.57. The molecule has 4 rings (SSSR count). The molecular formula is C22H18ClNO4. The third kappa shape index (κ3) is 3.29.